The second-order valence-electron chi connectivity index (χ2n) is 8.74. The zero-order chi connectivity index (χ0) is 26.9. The molecule has 1 N–H and O–H groups in total. The van der Waals surface area contributed by atoms with E-state index in [0.29, 0.717) is 11.3 Å². The Morgan fingerprint density at radius 1 is 0.973 bits per heavy atom. The first kappa shape index (κ1) is 25.9. The third kappa shape index (κ3) is 4.67. The molecule has 37 heavy (non-hydrogen) atoms. The SMILES string of the molecule is CCN(CC)c1ccc(C2/C(=C(\O)c3cc(C)ccc3OC)C(=O)C(=O)N2c2ccc(F)c(F)c2)cc1. The Bertz CT molecular complexity index is 1380. The van der Waals surface area contributed by atoms with Crippen LogP contribution in [0.25, 0.3) is 5.76 Å². The van der Waals surface area contributed by atoms with Crippen LogP contribution >= 0.6 is 0 Å². The monoisotopic (exact) mass is 506 g/mol. The summed E-state index contributed by atoms with van der Waals surface area (Å²) >= 11 is 0. The summed E-state index contributed by atoms with van der Waals surface area (Å²) in [6.07, 6.45) is 0. The van der Waals surface area contributed by atoms with Gasteiger partial charge in [-0.15, -0.1) is 0 Å². The van der Waals surface area contributed by atoms with Gasteiger partial charge in [0.2, 0.25) is 0 Å². The number of Topliss-reactive ketones (excluding diaryl/α,β-unsaturated/α-hetero) is 1. The molecular formula is C29H28F2N2O4. The van der Waals surface area contributed by atoms with Crippen molar-refractivity contribution in [2.45, 2.75) is 26.8 Å². The third-order valence-corrected chi connectivity index (χ3v) is 6.57. The number of methoxy groups -OCH3 is 1. The molecule has 8 heteroatoms. The van der Waals surface area contributed by atoms with Crippen LogP contribution in [0.4, 0.5) is 20.2 Å². The average molecular weight is 507 g/mol. The summed E-state index contributed by atoms with van der Waals surface area (Å²) in [4.78, 5) is 29.9. The van der Waals surface area contributed by atoms with Crippen molar-refractivity contribution in [2.24, 2.45) is 0 Å². The Balaban J connectivity index is 1.95. The molecule has 1 aliphatic rings. The third-order valence-electron chi connectivity index (χ3n) is 6.57. The second kappa shape index (κ2) is 10.4. The maximum atomic E-state index is 14.2. The number of aryl methyl sites for hydroxylation is 1. The van der Waals surface area contributed by atoms with Gasteiger partial charge < -0.3 is 14.7 Å². The number of rotatable bonds is 7. The number of amides is 1. The molecule has 0 saturated carbocycles. The highest BCUT2D eigenvalue weighted by Crippen LogP contribution is 2.44. The van der Waals surface area contributed by atoms with Gasteiger partial charge in [0.1, 0.15) is 11.5 Å². The molecule has 1 amide bonds. The number of hydrogen-bond acceptors (Lipinski definition) is 5. The number of halogens is 2. The minimum absolute atomic E-state index is 0.00548. The lowest BCUT2D eigenvalue weighted by Crippen LogP contribution is -2.29. The summed E-state index contributed by atoms with van der Waals surface area (Å²) in [6, 6.07) is 14.3. The van der Waals surface area contributed by atoms with Gasteiger partial charge >= 0.3 is 0 Å². The van der Waals surface area contributed by atoms with Gasteiger partial charge in [0.25, 0.3) is 11.7 Å². The van der Waals surface area contributed by atoms with Crippen molar-refractivity contribution >= 4 is 28.8 Å². The molecule has 1 fully saturated rings. The van der Waals surface area contributed by atoms with Crippen LogP contribution in [0.3, 0.4) is 0 Å². The van der Waals surface area contributed by atoms with Crippen LogP contribution in [0.15, 0.2) is 66.2 Å². The number of ether oxygens (including phenoxy) is 1. The van der Waals surface area contributed by atoms with Gasteiger partial charge in [-0.05, 0) is 62.7 Å². The average Bonchev–Trinajstić information content (AvgIpc) is 3.16. The number of hydrogen-bond donors (Lipinski definition) is 1. The first-order valence-electron chi connectivity index (χ1n) is 12.0. The highest BCUT2D eigenvalue weighted by molar-refractivity contribution is 6.51. The number of anilines is 2. The van der Waals surface area contributed by atoms with Crippen molar-refractivity contribution in [2.75, 3.05) is 30.0 Å². The van der Waals surface area contributed by atoms with E-state index in [1.54, 1.807) is 30.3 Å². The highest BCUT2D eigenvalue weighted by atomic mass is 19.2. The predicted molar refractivity (Wildman–Crippen MR) is 139 cm³/mol. The molecular weight excluding hydrogens is 478 g/mol. The van der Waals surface area contributed by atoms with Gasteiger partial charge in [-0.25, -0.2) is 8.78 Å². The molecule has 3 aromatic carbocycles. The van der Waals surface area contributed by atoms with E-state index >= 15 is 0 Å². The molecule has 1 heterocycles. The van der Waals surface area contributed by atoms with Gasteiger partial charge in [0.15, 0.2) is 11.6 Å². The first-order valence-corrected chi connectivity index (χ1v) is 12.0. The van der Waals surface area contributed by atoms with E-state index in [-0.39, 0.29) is 16.8 Å². The number of ketones is 1. The van der Waals surface area contributed by atoms with Crippen LogP contribution in [0, 0.1) is 18.6 Å². The van der Waals surface area contributed by atoms with E-state index in [1.165, 1.54) is 13.2 Å². The van der Waals surface area contributed by atoms with Crippen molar-refractivity contribution in [1.29, 1.82) is 0 Å². The Kier molecular flexibility index (Phi) is 7.29. The fraction of sp³-hybridized carbons (Fsp3) is 0.241. The van der Waals surface area contributed by atoms with E-state index in [1.807, 2.05) is 32.9 Å². The lowest BCUT2D eigenvalue weighted by Gasteiger charge is -2.27. The van der Waals surface area contributed by atoms with Crippen LogP contribution in [-0.2, 0) is 9.59 Å². The van der Waals surface area contributed by atoms with Crippen molar-refractivity contribution in [3.63, 3.8) is 0 Å². The lowest BCUT2D eigenvalue weighted by atomic mass is 9.94. The molecule has 0 spiro atoms. The van der Waals surface area contributed by atoms with Crippen LogP contribution < -0.4 is 14.5 Å². The predicted octanol–water partition coefficient (Wildman–Crippen LogP) is 5.75. The Labute approximate surface area is 214 Å². The molecule has 6 nitrogen and oxygen atoms in total. The van der Waals surface area contributed by atoms with E-state index in [2.05, 4.69) is 4.90 Å². The van der Waals surface area contributed by atoms with Crippen molar-refractivity contribution in [3.8, 4) is 5.75 Å². The zero-order valence-corrected chi connectivity index (χ0v) is 21.1. The van der Waals surface area contributed by atoms with Gasteiger partial charge in [-0.3, -0.25) is 14.5 Å². The largest absolute Gasteiger partial charge is 0.507 e. The Morgan fingerprint density at radius 3 is 2.24 bits per heavy atom. The maximum absolute atomic E-state index is 14.2. The number of carbonyl (C=O) groups excluding carboxylic acids is 2. The summed E-state index contributed by atoms with van der Waals surface area (Å²) in [5, 5.41) is 11.4. The smallest absolute Gasteiger partial charge is 0.300 e. The highest BCUT2D eigenvalue weighted by Gasteiger charge is 2.47. The second-order valence-corrected chi connectivity index (χ2v) is 8.74. The molecule has 1 aliphatic heterocycles. The van der Waals surface area contributed by atoms with E-state index in [9.17, 15) is 23.5 Å². The van der Waals surface area contributed by atoms with Crippen LogP contribution in [0.2, 0.25) is 0 Å². The molecule has 0 aromatic heterocycles. The van der Waals surface area contributed by atoms with Crippen LogP contribution in [0.1, 0.15) is 36.6 Å². The van der Waals surface area contributed by atoms with Crippen LogP contribution in [-0.4, -0.2) is 37.0 Å². The zero-order valence-electron chi connectivity index (χ0n) is 21.1. The standard InChI is InChI=1S/C29H28F2N2O4/c1-5-32(6-2)19-10-8-18(9-11-19)26-25(27(34)21-15-17(3)7-14-24(21)37-4)28(35)29(36)33(26)20-12-13-22(30)23(31)16-20/h7-16,26,34H,5-6H2,1-4H3/b27-25+. The van der Waals surface area contributed by atoms with Crippen LogP contribution in [0.5, 0.6) is 5.75 Å². The van der Waals surface area contributed by atoms with Gasteiger partial charge in [-0.1, -0.05) is 23.8 Å². The van der Waals surface area contributed by atoms with Gasteiger partial charge in [0.05, 0.1) is 24.3 Å². The number of nitrogens with zero attached hydrogens (tertiary/aromatic N) is 2. The first-order chi connectivity index (χ1) is 17.7. The number of aliphatic hydroxyl groups excluding tert-OH is 1. The van der Waals surface area contributed by atoms with Crippen molar-refractivity contribution in [1.82, 2.24) is 0 Å². The molecule has 4 rings (SSSR count). The lowest BCUT2D eigenvalue weighted by molar-refractivity contribution is -0.132. The summed E-state index contributed by atoms with van der Waals surface area (Å²) < 4.78 is 33.3. The molecule has 1 unspecified atom stereocenters. The van der Waals surface area contributed by atoms with Crippen molar-refractivity contribution < 1.29 is 28.2 Å². The van der Waals surface area contributed by atoms with Gasteiger partial charge in [-0.2, -0.15) is 0 Å². The van der Waals surface area contributed by atoms with E-state index < -0.39 is 35.1 Å². The maximum Gasteiger partial charge on any atom is 0.300 e. The molecule has 192 valence electrons. The number of aliphatic hydroxyl groups is 1. The summed E-state index contributed by atoms with van der Waals surface area (Å²) in [7, 11) is 1.44. The van der Waals surface area contributed by atoms with Crippen molar-refractivity contribution in [3.05, 3.63) is 94.6 Å². The molecule has 0 bridgehead atoms. The fourth-order valence-corrected chi connectivity index (χ4v) is 4.66. The summed E-state index contributed by atoms with van der Waals surface area (Å²) in [5.41, 5.74) is 2.34. The normalized spacial score (nSPS) is 16.8. The summed E-state index contributed by atoms with van der Waals surface area (Å²) in [5.74, 6) is -4.24. The Morgan fingerprint density at radius 2 is 1.65 bits per heavy atom. The quantitative estimate of drug-likeness (QED) is 0.251. The van der Waals surface area contributed by atoms with Gasteiger partial charge in [0, 0.05) is 30.5 Å². The topological polar surface area (TPSA) is 70.1 Å². The Hall–Kier alpha value is -4.20. The number of carbonyl (C=O) groups is 2. The molecule has 0 radical (unpaired) electrons. The van der Waals surface area contributed by atoms with E-state index in [4.69, 9.17) is 4.74 Å². The summed E-state index contributed by atoms with van der Waals surface area (Å²) in [6.45, 7) is 7.46. The fourth-order valence-electron chi connectivity index (χ4n) is 4.66. The minimum Gasteiger partial charge on any atom is -0.507 e. The van der Waals surface area contributed by atoms with E-state index in [0.717, 1.165) is 41.4 Å². The molecule has 3 aromatic rings. The molecule has 1 saturated heterocycles. The molecule has 1 atom stereocenters. The minimum atomic E-state index is -1.16. The molecule has 0 aliphatic carbocycles. The number of benzene rings is 3.